The van der Waals surface area contributed by atoms with E-state index in [-0.39, 0.29) is 23.4 Å². The maximum absolute atomic E-state index is 12.4. The number of hydrogen-bond donors (Lipinski definition) is 2. The minimum Gasteiger partial charge on any atom is -0.348 e. The number of carbonyl (C=O) groups is 2. The molecule has 3 unspecified atom stereocenters. The normalized spacial score (nSPS) is 18.0. The predicted molar refractivity (Wildman–Crippen MR) is 128 cm³/mol. The zero-order valence-corrected chi connectivity index (χ0v) is 20.3. The Morgan fingerprint density at radius 2 is 1.90 bits per heavy atom. The first-order chi connectivity index (χ1) is 14.5. The van der Waals surface area contributed by atoms with E-state index >= 15 is 0 Å². The van der Waals surface area contributed by atoms with Gasteiger partial charge in [-0.15, -0.1) is 11.3 Å². The first-order valence-corrected chi connectivity index (χ1v) is 11.7. The molecule has 0 radical (unpaired) electrons. The van der Waals surface area contributed by atoms with E-state index < -0.39 is 0 Å². The van der Waals surface area contributed by atoms with Gasteiger partial charge in [-0.3, -0.25) is 9.59 Å². The molecule has 0 bridgehead atoms. The minimum absolute atomic E-state index is 0.0746. The number of hydrogen-bond acceptors (Lipinski definition) is 5. The van der Waals surface area contributed by atoms with Gasteiger partial charge in [-0.05, 0) is 50.2 Å². The topological polar surface area (TPSA) is 88.3 Å². The molecule has 1 fully saturated rings. The van der Waals surface area contributed by atoms with Crippen LogP contribution in [-0.2, 0) is 9.59 Å². The number of rotatable bonds is 5. The third kappa shape index (κ3) is 6.87. The van der Waals surface area contributed by atoms with Crippen molar-refractivity contribution >= 4 is 23.7 Å². The molecule has 1 aliphatic rings. The molecular weight excluding hydrogens is 408 g/mol. The average molecular weight is 445 g/mol. The molecule has 0 spiro atoms. The fourth-order valence-corrected chi connectivity index (χ4v) is 3.90. The summed E-state index contributed by atoms with van der Waals surface area (Å²) in [6, 6.07) is 8.06. The second-order valence-electron chi connectivity index (χ2n) is 9.28. The Morgan fingerprint density at radius 1 is 1.29 bits per heavy atom. The molecule has 1 aromatic carbocycles. The highest BCUT2D eigenvalue weighted by atomic mass is 32.1. The number of carbonyl (C=O) groups excluding carboxylic acids is 2. The van der Waals surface area contributed by atoms with Crippen LogP contribution in [0.5, 0.6) is 0 Å². The van der Waals surface area contributed by atoms with Crippen LogP contribution < -0.4 is 11.1 Å². The van der Waals surface area contributed by atoms with Gasteiger partial charge in [0.1, 0.15) is 6.04 Å². The van der Waals surface area contributed by atoms with Crippen LogP contribution in [0.15, 0.2) is 29.8 Å². The van der Waals surface area contributed by atoms with Gasteiger partial charge in [0.15, 0.2) is 0 Å². The van der Waals surface area contributed by atoms with Gasteiger partial charge in [-0.25, -0.2) is 4.98 Å². The van der Waals surface area contributed by atoms with Gasteiger partial charge in [0, 0.05) is 12.6 Å². The lowest BCUT2D eigenvalue weighted by atomic mass is 9.89. The zero-order valence-electron chi connectivity index (χ0n) is 19.5. The molecule has 6 nitrogen and oxygen atoms in total. The molecule has 2 heterocycles. The quantitative estimate of drug-likeness (QED) is 0.673. The number of aromatic nitrogens is 1. The smallest absolute Gasteiger partial charge is 0.243 e. The van der Waals surface area contributed by atoms with E-state index in [0.717, 1.165) is 36.1 Å². The Bertz CT molecular complexity index is 855. The largest absolute Gasteiger partial charge is 0.348 e. The van der Waals surface area contributed by atoms with Crippen molar-refractivity contribution in [1.29, 1.82) is 0 Å². The molecule has 0 aliphatic carbocycles. The summed E-state index contributed by atoms with van der Waals surface area (Å²) < 4.78 is 0. The molecule has 0 saturated carbocycles. The summed E-state index contributed by atoms with van der Waals surface area (Å²) >= 11 is 1.63. The Hall–Kier alpha value is -2.25. The lowest BCUT2D eigenvalue weighted by Crippen LogP contribution is -2.43. The molecular formula is C24H36N4O2S. The van der Waals surface area contributed by atoms with Crippen LogP contribution in [-0.4, -0.2) is 40.8 Å². The van der Waals surface area contributed by atoms with Gasteiger partial charge >= 0.3 is 0 Å². The van der Waals surface area contributed by atoms with Crippen molar-refractivity contribution in [3.63, 3.8) is 0 Å². The van der Waals surface area contributed by atoms with Crippen molar-refractivity contribution in [1.82, 2.24) is 15.2 Å². The number of thiazole rings is 1. The van der Waals surface area contributed by atoms with Crippen LogP contribution in [0.3, 0.4) is 0 Å². The van der Waals surface area contributed by atoms with E-state index in [1.165, 1.54) is 4.88 Å². The molecule has 2 amide bonds. The van der Waals surface area contributed by atoms with Gasteiger partial charge in [0.25, 0.3) is 0 Å². The summed E-state index contributed by atoms with van der Waals surface area (Å²) in [5.74, 6) is -0.0746. The molecule has 3 rings (SSSR count). The monoisotopic (exact) mass is 444 g/mol. The number of likely N-dealkylation sites (tertiary alicyclic amines) is 1. The summed E-state index contributed by atoms with van der Waals surface area (Å²) in [6.07, 6.45) is 2.39. The highest BCUT2D eigenvalue weighted by molar-refractivity contribution is 7.13. The van der Waals surface area contributed by atoms with Gasteiger partial charge in [0.05, 0.1) is 22.1 Å². The van der Waals surface area contributed by atoms with E-state index in [9.17, 15) is 9.59 Å². The van der Waals surface area contributed by atoms with E-state index in [2.05, 4.69) is 43.2 Å². The summed E-state index contributed by atoms with van der Waals surface area (Å²) in [7, 11) is 0. The van der Waals surface area contributed by atoms with Gasteiger partial charge in [-0.1, -0.05) is 45.0 Å². The molecule has 3 atom stereocenters. The second kappa shape index (κ2) is 10.9. The molecule has 7 heteroatoms. The number of benzene rings is 1. The van der Waals surface area contributed by atoms with Crippen molar-refractivity contribution in [2.45, 2.75) is 72.5 Å². The Kier molecular flexibility index (Phi) is 8.77. The molecule has 1 aromatic heterocycles. The van der Waals surface area contributed by atoms with Crippen molar-refractivity contribution in [2.75, 3.05) is 6.54 Å². The number of amides is 2. The SMILES string of the molecule is CC(N)C(C)(C)C.Cc1ncsc1-c1ccc(C(C)NC(=O)C2CCCN2C=O)cc1. The Labute approximate surface area is 190 Å². The molecule has 2 aromatic rings. The molecule has 1 aliphatic heterocycles. The molecule has 31 heavy (non-hydrogen) atoms. The highest BCUT2D eigenvalue weighted by Crippen LogP contribution is 2.28. The first kappa shape index (κ1) is 25.0. The third-order valence-corrected chi connectivity index (χ3v) is 6.85. The summed E-state index contributed by atoms with van der Waals surface area (Å²) in [4.78, 5) is 30.4. The summed E-state index contributed by atoms with van der Waals surface area (Å²) in [5.41, 5.74) is 10.9. The van der Waals surface area contributed by atoms with Gasteiger partial charge < -0.3 is 16.0 Å². The number of nitrogens with zero attached hydrogens (tertiary/aromatic N) is 2. The van der Waals surface area contributed by atoms with Crippen LogP contribution in [0.25, 0.3) is 10.4 Å². The fraction of sp³-hybridized carbons (Fsp3) is 0.542. The lowest BCUT2D eigenvalue weighted by molar-refractivity contribution is -0.131. The second-order valence-corrected chi connectivity index (χ2v) is 10.1. The Morgan fingerprint density at radius 3 is 2.39 bits per heavy atom. The lowest BCUT2D eigenvalue weighted by Gasteiger charge is -2.22. The zero-order chi connectivity index (χ0) is 23.2. The van der Waals surface area contributed by atoms with Crippen LogP contribution >= 0.6 is 11.3 Å². The first-order valence-electron chi connectivity index (χ1n) is 10.8. The number of nitrogens with one attached hydrogen (secondary N) is 1. The standard InChI is InChI=1S/C18H21N3O2S.C6H15N/c1-12(20-18(23)16-4-3-9-21(16)11-22)14-5-7-15(8-6-14)17-13(2)19-10-24-17;1-5(7)6(2,3)4/h5-8,10-12,16H,3-4,9H2,1-2H3,(H,20,23);5H,7H2,1-4H3. The minimum atomic E-state index is -0.330. The van der Waals surface area contributed by atoms with Gasteiger partial charge in [-0.2, -0.15) is 0 Å². The molecule has 3 N–H and O–H groups in total. The van der Waals surface area contributed by atoms with Gasteiger partial charge in [0.2, 0.25) is 12.3 Å². The maximum Gasteiger partial charge on any atom is 0.243 e. The third-order valence-electron chi connectivity index (χ3n) is 5.88. The number of aryl methyl sites for hydroxylation is 1. The van der Waals surface area contributed by atoms with E-state index in [4.69, 9.17) is 5.73 Å². The highest BCUT2D eigenvalue weighted by Gasteiger charge is 2.30. The van der Waals surface area contributed by atoms with Crippen molar-refractivity contribution < 1.29 is 9.59 Å². The van der Waals surface area contributed by atoms with Crippen molar-refractivity contribution in [2.24, 2.45) is 11.1 Å². The average Bonchev–Trinajstić information content (AvgIpc) is 3.36. The van der Waals surface area contributed by atoms with Crippen LogP contribution in [0, 0.1) is 12.3 Å². The molecule has 170 valence electrons. The maximum atomic E-state index is 12.4. The summed E-state index contributed by atoms with van der Waals surface area (Å²) in [6.45, 7) is 13.1. The fourth-order valence-electron chi connectivity index (χ4n) is 3.09. The van der Waals surface area contributed by atoms with Crippen LogP contribution in [0.2, 0.25) is 0 Å². The molecule has 1 saturated heterocycles. The van der Waals surface area contributed by atoms with Crippen LogP contribution in [0.4, 0.5) is 0 Å². The number of nitrogens with two attached hydrogens (primary N) is 1. The van der Waals surface area contributed by atoms with E-state index in [0.29, 0.717) is 12.6 Å². The van der Waals surface area contributed by atoms with Crippen LogP contribution in [0.1, 0.15) is 64.8 Å². The Balaban J connectivity index is 0.000000423. The van der Waals surface area contributed by atoms with E-state index in [1.807, 2.05) is 38.4 Å². The summed E-state index contributed by atoms with van der Waals surface area (Å²) in [5, 5.41) is 3.02. The van der Waals surface area contributed by atoms with E-state index in [1.54, 1.807) is 16.2 Å². The van der Waals surface area contributed by atoms with Crippen molar-refractivity contribution in [3.8, 4) is 10.4 Å². The predicted octanol–water partition coefficient (Wildman–Crippen LogP) is 4.30. The van der Waals surface area contributed by atoms with Crippen molar-refractivity contribution in [3.05, 3.63) is 41.0 Å².